The third-order valence-electron chi connectivity index (χ3n) is 6.20. The van der Waals surface area contributed by atoms with Crippen LogP contribution in [0.2, 0.25) is 0 Å². The summed E-state index contributed by atoms with van der Waals surface area (Å²) in [5.74, 6) is 2.65. The van der Waals surface area contributed by atoms with E-state index in [1.165, 1.54) is 11.8 Å². The first kappa shape index (κ1) is 30.4. The predicted molar refractivity (Wildman–Crippen MR) is 164 cm³/mol. The average molecular weight is 590 g/mol. The van der Waals surface area contributed by atoms with E-state index in [0.717, 1.165) is 36.3 Å². The molecule has 0 fully saturated rings. The maximum absolute atomic E-state index is 12.6. The van der Waals surface area contributed by atoms with Crippen LogP contribution in [-0.4, -0.2) is 60.6 Å². The molecule has 0 spiro atoms. The van der Waals surface area contributed by atoms with Gasteiger partial charge in [0.05, 0.1) is 39.9 Å². The molecule has 1 N–H and O–H groups in total. The molecule has 4 rings (SSSR count). The number of benzene rings is 3. The van der Waals surface area contributed by atoms with Crippen molar-refractivity contribution in [2.24, 2.45) is 5.10 Å². The molecule has 0 saturated heterocycles. The zero-order valence-corrected chi connectivity index (χ0v) is 25.0. The highest BCUT2D eigenvalue weighted by atomic mass is 32.2. The molecule has 3 aromatic carbocycles. The number of carbonyl (C=O) groups excluding carboxylic acids is 1. The van der Waals surface area contributed by atoms with Gasteiger partial charge in [-0.3, -0.25) is 9.36 Å². The van der Waals surface area contributed by atoms with Gasteiger partial charge in [0.25, 0.3) is 5.91 Å². The van der Waals surface area contributed by atoms with Gasteiger partial charge in [-0.1, -0.05) is 49.7 Å². The van der Waals surface area contributed by atoms with Crippen LogP contribution >= 0.6 is 11.8 Å². The number of nitrogens with one attached hydrogen (secondary N) is 1. The molecule has 11 heteroatoms. The van der Waals surface area contributed by atoms with Gasteiger partial charge in [-0.2, -0.15) is 5.10 Å². The van der Waals surface area contributed by atoms with Crippen molar-refractivity contribution in [2.45, 2.75) is 31.3 Å². The summed E-state index contributed by atoms with van der Waals surface area (Å²) in [6.45, 7) is 2.87. The maximum Gasteiger partial charge on any atom is 0.250 e. The maximum atomic E-state index is 12.6. The van der Waals surface area contributed by atoms with Gasteiger partial charge in [0.15, 0.2) is 22.5 Å². The number of hydrazone groups is 1. The average Bonchev–Trinajstić information content (AvgIpc) is 3.46. The molecule has 0 aliphatic carbocycles. The number of amides is 1. The molecule has 42 heavy (non-hydrogen) atoms. The van der Waals surface area contributed by atoms with E-state index in [4.69, 9.17) is 18.9 Å². The summed E-state index contributed by atoms with van der Waals surface area (Å²) >= 11 is 1.25. The monoisotopic (exact) mass is 589 g/mol. The molecule has 1 aromatic heterocycles. The molecule has 0 aliphatic rings. The molecule has 10 nitrogen and oxygen atoms in total. The second-order valence-electron chi connectivity index (χ2n) is 9.10. The van der Waals surface area contributed by atoms with E-state index < -0.39 is 0 Å². The first-order valence-electron chi connectivity index (χ1n) is 13.6. The smallest absolute Gasteiger partial charge is 0.250 e. The standard InChI is InChI=1S/C31H35N5O5S/c1-5-6-10-17-41-25-15-13-22(14-16-25)20-32-33-28(37)21-42-31-35-34-30(36(31)24-11-8-7-9-12-24)23-18-26(38-2)29(40-4)27(19-23)39-3/h7-9,11-16,18-20H,5-6,10,17,21H2,1-4H3,(H,33,37). The Morgan fingerprint density at radius 3 is 2.31 bits per heavy atom. The third kappa shape index (κ3) is 7.82. The van der Waals surface area contributed by atoms with Gasteiger partial charge in [-0.05, 0) is 60.5 Å². The molecule has 0 aliphatic heterocycles. The van der Waals surface area contributed by atoms with Gasteiger partial charge >= 0.3 is 0 Å². The highest BCUT2D eigenvalue weighted by molar-refractivity contribution is 7.99. The van der Waals surface area contributed by atoms with Crippen molar-refractivity contribution < 1.29 is 23.7 Å². The number of para-hydroxylation sites is 1. The quantitative estimate of drug-likeness (QED) is 0.0806. The zero-order valence-electron chi connectivity index (χ0n) is 24.2. The number of aromatic nitrogens is 3. The highest BCUT2D eigenvalue weighted by Gasteiger charge is 2.21. The number of thioether (sulfide) groups is 1. The fraction of sp³-hybridized carbons (Fsp3) is 0.290. The van der Waals surface area contributed by atoms with Gasteiger partial charge in [0.2, 0.25) is 5.75 Å². The Bertz CT molecular complexity index is 1450. The van der Waals surface area contributed by atoms with Crippen molar-refractivity contribution in [1.29, 1.82) is 0 Å². The van der Waals surface area contributed by atoms with Crippen LogP contribution in [0.15, 0.2) is 77.0 Å². The summed E-state index contributed by atoms with van der Waals surface area (Å²) in [4.78, 5) is 12.6. The lowest BCUT2D eigenvalue weighted by atomic mass is 10.1. The summed E-state index contributed by atoms with van der Waals surface area (Å²) in [5, 5.41) is 13.5. The van der Waals surface area contributed by atoms with Crippen molar-refractivity contribution >= 4 is 23.9 Å². The van der Waals surface area contributed by atoms with Crippen LogP contribution in [0, 0.1) is 0 Å². The van der Waals surface area contributed by atoms with E-state index in [0.29, 0.717) is 40.4 Å². The molecular formula is C31H35N5O5S. The van der Waals surface area contributed by atoms with E-state index in [-0.39, 0.29) is 11.7 Å². The molecule has 0 saturated carbocycles. The van der Waals surface area contributed by atoms with Crippen LogP contribution in [0.5, 0.6) is 23.0 Å². The zero-order chi connectivity index (χ0) is 29.7. The van der Waals surface area contributed by atoms with Crippen molar-refractivity contribution in [2.75, 3.05) is 33.7 Å². The summed E-state index contributed by atoms with van der Waals surface area (Å²) in [6, 6.07) is 20.9. The largest absolute Gasteiger partial charge is 0.494 e. The number of ether oxygens (including phenoxy) is 4. The Balaban J connectivity index is 1.45. The van der Waals surface area contributed by atoms with Gasteiger partial charge in [-0.15, -0.1) is 10.2 Å². The summed E-state index contributed by atoms with van der Waals surface area (Å²) in [5.41, 5.74) is 4.97. The number of carbonyl (C=O) groups is 1. The Kier molecular flexibility index (Phi) is 11.2. The second kappa shape index (κ2) is 15.5. The fourth-order valence-corrected chi connectivity index (χ4v) is 4.85. The van der Waals surface area contributed by atoms with Gasteiger partial charge < -0.3 is 18.9 Å². The molecule has 1 amide bonds. The highest BCUT2D eigenvalue weighted by Crippen LogP contribution is 2.41. The molecule has 1 heterocycles. The van der Waals surface area contributed by atoms with Crippen LogP contribution in [0.25, 0.3) is 17.1 Å². The minimum absolute atomic E-state index is 0.0854. The van der Waals surface area contributed by atoms with Gasteiger partial charge in [-0.25, -0.2) is 5.43 Å². The SMILES string of the molecule is CCCCCOc1ccc(C=NNC(=O)CSc2nnc(-c3cc(OC)c(OC)c(OC)c3)n2-c2ccccc2)cc1. The van der Waals surface area contributed by atoms with Crippen molar-refractivity contribution in [3.05, 3.63) is 72.3 Å². The summed E-state index contributed by atoms with van der Waals surface area (Å²) in [6.07, 6.45) is 4.95. The fourth-order valence-electron chi connectivity index (χ4n) is 4.10. The topological polar surface area (TPSA) is 109 Å². The van der Waals surface area contributed by atoms with Crippen LogP contribution < -0.4 is 24.4 Å². The van der Waals surface area contributed by atoms with Crippen molar-refractivity contribution in [3.8, 4) is 40.1 Å². The number of methoxy groups -OCH3 is 3. The summed E-state index contributed by atoms with van der Waals surface area (Å²) < 4.78 is 24.1. The van der Waals surface area contributed by atoms with Crippen LogP contribution in [0.3, 0.4) is 0 Å². The third-order valence-corrected chi connectivity index (χ3v) is 7.13. The van der Waals surface area contributed by atoms with Crippen molar-refractivity contribution in [3.63, 3.8) is 0 Å². The minimum Gasteiger partial charge on any atom is -0.494 e. The number of hydrogen-bond donors (Lipinski definition) is 1. The Morgan fingerprint density at radius 2 is 1.67 bits per heavy atom. The van der Waals surface area contributed by atoms with Crippen LogP contribution in [-0.2, 0) is 4.79 Å². The number of rotatable bonds is 15. The van der Waals surface area contributed by atoms with E-state index in [9.17, 15) is 4.79 Å². The minimum atomic E-state index is -0.274. The molecule has 4 aromatic rings. The van der Waals surface area contributed by atoms with E-state index in [1.54, 1.807) is 27.5 Å². The van der Waals surface area contributed by atoms with E-state index in [2.05, 4.69) is 27.6 Å². The molecule has 0 radical (unpaired) electrons. The van der Waals surface area contributed by atoms with Crippen LogP contribution in [0.4, 0.5) is 0 Å². The Morgan fingerprint density at radius 1 is 0.952 bits per heavy atom. The molecule has 0 atom stereocenters. The lowest BCUT2D eigenvalue weighted by molar-refractivity contribution is -0.118. The first-order chi connectivity index (χ1) is 20.6. The van der Waals surface area contributed by atoms with Crippen LogP contribution in [0.1, 0.15) is 31.7 Å². The van der Waals surface area contributed by atoms with E-state index in [1.807, 2.05) is 71.3 Å². The summed E-state index contributed by atoms with van der Waals surface area (Å²) in [7, 11) is 4.67. The number of nitrogens with zero attached hydrogens (tertiary/aromatic N) is 4. The molecule has 220 valence electrons. The Hall–Kier alpha value is -4.51. The number of unbranched alkanes of at least 4 members (excludes halogenated alkanes) is 2. The molecular weight excluding hydrogens is 554 g/mol. The molecule has 0 unspecified atom stereocenters. The van der Waals surface area contributed by atoms with E-state index >= 15 is 0 Å². The molecule has 0 bridgehead atoms. The van der Waals surface area contributed by atoms with Gasteiger partial charge in [0, 0.05) is 11.3 Å². The lowest BCUT2D eigenvalue weighted by Gasteiger charge is -2.15. The predicted octanol–water partition coefficient (Wildman–Crippen LogP) is 5.77. The Labute approximate surface area is 250 Å². The lowest BCUT2D eigenvalue weighted by Crippen LogP contribution is -2.20. The first-order valence-corrected chi connectivity index (χ1v) is 14.5. The second-order valence-corrected chi connectivity index (χ2v) is 10.0. The normalized spacial score (nSPS) is 11.0. The van der Waals surface area contributed by atoms with Crippen molar-refractivity contribution in [1.82, 2.24) is 20.2 Å². The van der Waals surface area contributed by atoms with Gasteiger partial charge in [0.1, 0.15) is 5.75 Å². The number of hydrogen-bond acceptors (Lipinski definition) is 9.